The van der Waals surface area contributed by atoms with E-state index >= 15 is 0 Å². The molecule has 2 aromatic rings. The lowest BCUT2D eigenvalue weighted by Crippen LogP contribution is -2.48. The first-order valence-corrected chi connectivity index (χ1v) is 10.3. The van der Waals surface area contributed by atoms with Gasteiger partial charge in [0.1, 0.15) is 0 Å². The summed E-state index contributed by atoms with van der Waals surface area (Å²) in [6.45, 7) is 6.61. The smallest absolute Gasteiger partial charge is 0.256 e. The van der Waals surface area contributed by atoms with Gasteiger partial charge in [0.2, 0.25) is 0 Å². The number of piperazine rings is 1. The van der Waals surface area contributed by atoms with Crippen molar-refractivity contribution in [2.75, 3.05) is 19.6 Å². The van der Waals surface area contributed by atoms with Crippen LogP contribution in [0.3, 0.4) is 0 Å². The van der Waals surface area contributed by atoms with Crippen molar-refractivity contribution in [3.63, 3.8) is 0 Å². The lowest BCUT2D eigenvalue weighted by Gasteiger charge is -2.36. The lowest BCUT2D eigenvalue weighted by atomic mass is 9.95. The van der Waals surface area contributed by atoms with Gasteiger partial charge in [0.15, 0.2) is 0 Å². The molecule has 1 aliphatic heterocycles. The van der Waals surface area contributed by atoms with Crippen LogP contribution in [0.2, 0.25) is 0 Å². The summed E-state index contributed by atoms with van der Waals surface area (Å²) in [7, 11) is 0. The van der Waals surface area contributed by atoms with E-state index in [1.54, 1.807) is 6.20 Å². The molecule has 0 aromatic carbocycles. The first-order chi connectivity index (χ1) is 13.2. The Morgan fingerprint density at radius 3 is 2.78 bits per heavy atom. The zero-order valence-electron chi connectivity index (χ0n) is 16.4. The topological polar surface area (TPSA) is 50.2 Å². The Labute approximate surface area is 161 Å². The van der Waals surface area contributed by atoms with E-state index in [2.05, 4.69) is 40.8 Å². The SMILES string of the molecule is Cc1cc(C(=O)N2CCNCC2c2cccnc2)c(C)n1C1CCCCC1. The van der Waals surface area contributed by atoms with E-state index < -0.39 is 0 Å². The Bertz CT molecular complexity index is 792. The molecular weight excluding hydrogens is 336 g/mol. The molecule has 3 heterocycles. The Kier molecular flexibility index (Phi) is 5.30. The van der Waals surface area contributed by atoms with Crippen LogP contribution in [0.25, 0.3) is 0 Å². The van der Waals surface area contributed by atoms with Gasteiger partial charge in [-0.15, -0.1) is 0 Å². The van der Waals surface area contributed by atoms with Crippen molar-refractivity contribution in [2.24, 2.45) is 0 Å². The number of hydrogen-bond acceptors (Lipinski definition) is 3. The number of carbonyl (C=O) groups is 1. The van der Waals surface area contributed by atoms with E-state index in [-0.39, 0.29) is 11.9 Å². The van der Waals surface area contributed by atoms with Crippen molar-refractivity contribution in [1.82, 2.24) is 19.8 Å². The first kappa shape index (κ1) is 18.2. The molecule has 1 N–H and O–H groups in total. The van der Waals surface area contributed by atoms with Crippen LogP contribution in [-0.4, -0.2) is 40.0 Å². The summed E-state index contributed by atoms with van der Waals surface area (Å²) in [6, 6.07) is 6.71. The Hall–Kier alpha value is -2.14. The van der Waals surface area contributed by atoms with Gasteiger partial charge in [0, 0.05) is 49.5 Å². The predicted molar refractivity (Wildman–Crippen MR) is 107 cm³/mol. The van der Waals surface area contributed by atoms with Gasteiger partial charge in [-0.05, 0) is 44.4 Å². The second-order valence-corrected chi connectivity index (χ2v) is 7.95. The summed E-state index contributed by atoms with van der Waals surface area (Å²) in [5, 5.41) is 3.43. The van der Waals surface area contributed by atoms with Crippen LogP contribution in [0, 0.1) is 13.8 Å². The molecule has 0 bridgehead atoms. The Balaban J connectivity index is 1.63. The molecule has 0 spiro atoms. The fourth-order valence-electron chi connectivity index (χ4n) is 4.87. The third-order valence-electron chi connectivity index (χ3n) is 6.23. The van der Waals surface area contributed by atoms with Crippen molar-refractivity contribution >= 4 is 5.91 Å². The van der Waals surface area contributed by atoms with Crippen molar-refractivity contribution in [2.45, 2.75) is 58.0 Å². The molecule has 1 saturated heterocycles. The zero-order valence-corrected chi connectivity index (χ0v) is 16.4. The van der Waals surface area contributed by atoms with Crippen LogP contribution in [-0.2, 0) is 0 Å². The van der Waals surface area contributed by atoms with Gasteiger partial charge >= 0.3 is 0 Å². The summed E-state index contributed by atoms with van der Waals surface area (Å²) in [4.78, 5) is 19.8. The maximum atomic E-state index is 13.5. The van der Waals surface area contributed by atoms with Crippen molar-refractivity contribution in [1.29, 1.82) is 0 Å². The van der Waals surface area contributed by atoms with E-state index in [0.717, 1.165) is 36.5 Å². The molecule has 2 aromatic heterocycles. The van der Waals surface area contributed by atoms with Gasteiger partial charge in [0.05, 0.1) is 11.6 Å². The quantitative estimate of drug-likeness (QED) is 0.899. The van der Waals surface area contributed by atoms with E-state index in [0.29, 0.717) is 6.04 Å². The maximum Gasteiger partial charge on any atom is 0.256 e. The van der Waals surface area contributed by atoms with Crippen LogP contribution in [0.4, 0.5) is 0 Å². The van der Waals surface area contributed by atoms with Crippen LogP contribution in [0.5, 0.6) is 0 Å². The summed E-state index contributed by atoms with van der Waals surface area (Å²) in [6.07, 6.45) is 10.1. The molecule has 5 nitrogen and oxygen atoms in total. The summed E-state index contributed by atoms with van der Waals surface area (Å²) < 4.78 is 2.42. The van der Waals surface area contributed by atoms with Crippen LogP contribution in [0.1, 0.15) is 71.5 Å². The molecule has 1 saturated carbocycles. The highest BCUT2D eigenvalue weighted by molar-refractivity contribution is 5.96. The van der Waals surface area contributed by atoms with Gasteiger partial charge in [-0.1, -0.05) is 25.3 Å². The molecule has 1 aliphatic carbocycles. The number of nitrogens with zero attached hydrogens (tertiary/aromatic N) is 3. The molecule has 1 amide bonds. The maximum absolute atomic E-state index is 13.5. The number of hydrogen-bond donors (Lipinski definition) is 1. The predicted octanol–water partition coefficient (Wildman–Crippen LogP) is 3.79. The molecule has 144 valence electrons. The Morgan fingerprint density at radius 2 is 2.04 bits per heavy atom. The summed E-state index contributed by atoms with van der Waals surface area (Å²) in [5.41, 5.74) is 4.32. The van der Waals surface area contributed by atoms with Gasteiger partial charge in [-0.25, -0.2) is 0 Å². The second kappa shape index (κ2) is 7.85. The molecule has 2 fully saturated rings. The van der Waals surface area contributed by atoms with Gasteiger partial charge in [-0.3, -0.25) is 9.78 Å². The molecule has 2 aliphatic rings. The Morgan fingerprint density at radius 1 is 1.22 bits per heavy atom. The van der Waals surface area contributed by atoms with Crippen LogP contribution in [0.15, 0.2) is 30.6 Å². The van der Waals surface area contributed by atoms with Crippen molar-refractivity contribution in [3.05, 3.63) is 53.1 Å². The molecule has 0 radical (unpaired) electrons. The third-order valence-corrected chi connectivity index (χ3v) is 6.23. The largest absolute Gasteiger partial charge is 0.345 e. The fourth-order valence-corrected chi connectivity index (χ4v) is 4.87. The number of nitrogens with one attached hydrogen (secondary N) is 1. The summed E-state index contributed by atoms with van der Waals surface area (Å²) >= 11 is 0. The first-order valence-electron chi connectivity index (χ1n) is 10.3. The monoisotopic (exact) mass is 366 g/mol. The van der Waals surface area contributed by atoms with Crippen molar-refractivity contribution in [3.8, 4) is 0 Å². The average Bonchev–Trinajstić information content (AvgIpc) is 3.03. The van der Waals surface area contributed by atoms with Crippen LogP contribution < -0.4 is 5.32 Å². The van der Waals surface area contributed by atoms with E-state index in [1.165, 1.54) is 37.8 Å². The van der Waals surface area contributed by atoms with Crippen molar-refractivity contribution < 1.29 is 4.79 Å². The standard InChI is InChI=1S/C22H30N4O/c1-16-13-20(17(2)26(16)19-8-4-3-5-9-19)22(27)25-12-11-24-15-21(25)18-7-6-10-23-14-18/h6-7,10,13-14,19,21,24H,3-5,8-9,11-12,15H2,1-2H3. The zero-order chi connectivity index (χ0) is 18.8. The number of rotatable bonds is 3. The summed E-state index contributed by atoms with van der Waals surface area (Å²) in [5.74, 6) is 0.153. The fraction of sp³-hybridized carbons (Fsp3) is 0.545. The minimum absolute atomic E-state index is 0.0395. The minimum atomic E-state index is 0.0395. The number of carbonyl (C=O) groups excluding carboxylic acids is 1. The number of pyridine rings is 1. The third kappa shape index (κ3) is 3.53. The molecule has 5 heteroatoms. The van der Waals surface area contributed by atoms with Gasteiger partial charge in [0.25, 0.3) is 5.91 Å². The molecule has 1 unspecified atom stereocenters. The van der Waals surface area contributed by atoms with Crippen LogP contribution >= 0.6 is 0 Å². The number of aryl methyl sites for hydroxylation is 1. The highest BCUT2D eigenvalue weighted by Crippen LogP contribution is 2.33. The molecular formula is C22H30N4O. The highest BCUT2D eigenvalue weighted by atomic mass is 16.2. The van der Waals surface area contributed by atoms with Gasteiger partial charge < -0.3 is 14.8 Å². The minimum Gasteiger partial charge on any atom is -0.345 e. The average molecular weight is 367 g/mol. The normalized spacial score (nSPS) is 21.4. The van der Waals surface area contributed by atoms with E-state index in [9.17, 15) is 4.79 Å². The highest BCUT2D eigenvalue weighted by Gasteiger charge is 2.31. The molecule has 27 heavy (non-hydrogen) atoms. The lowest BCUT2D eigenvalue weighted by molar-refractivity contribution is 0.0633. The molecule has 1 atom stereocenters. The molecule has 4 rings (SSSR count). The number of aromatic nitrogens is 2. The number of amides is 1. The van der Waals surface area contributed by atoms with Gasteiger partial charge in [-0.2, -0.15) is 0 Å². The second-order valence-electron chi connectivity index (χ2n) is 7.95. The van der Waals surface area contributed by atoms with E-state index in [1.807, 2.05) is 17.2 Å². The van der Waals surface area contributed by atoms with E-state index in [4.69, 9.17) is 0 Å².